The Kier molecular flexibility index (Phi) is 15.2. The van der Waals surface area contributed by atoms with E-state index in [4.69, 9.17) is 18.9 Å². The third kappa shape index (κ3) is 14.3. The smallest absolute Gasteiger partial charge is 0.313 e. The fourth-order valence-corrected chi connectivity index (χ4v) is 2.55. The fraction of sp³-hybridized carbons (Fsp3) is 0.667. The number of esters is 1. The van der Waals surface area contributed by atoms with Crippen LogP contribution in [0.25, 0.3) is 0 Å². The van der Waals surface area contributed by atoms with Gasteiger partial charge in [-0.15, -0.1) is 0 Å². The zero-order chi connectivity index (χ0) is 27.0. The normalized spacial score (nSPS) is 11.5. The number of hydrogen-bond acceptors (Lipinski definition) is 7. The van der Waals surface area contributed by atoms with Crippen LogP contribution in [-0.4, -0.2) is 71.3 Å². The van der Waals surface area contributed by atoms with Gasteiger partial charge in [-0.2, -0.15) is 8.78 Å². The van der Waals surface area contributed by atoms with Crippen molar-refractivity contribution in [3.05, 3.63) is 29.3 Å². The molecule has 0 aliphatic carbocycles. The van der Waals surface area contributed by atoms with Crippen molar-refractivity contribution in [3.63, 3.8) is 0 Å². The summed E-state index contributed by atoms with van der Waals surface area (Å²) in [6.07, 6.45) is 0.809. The molecule has 12 heteroatoms. The van der Waals surface area contributed by atoms with Crippen LogP contribution >= 0.6 is 0 Å². The summed E-state index contributed by atoms with van der Waals surface area (Å²) in [6, 6.07) is 0.0166. The highest BCUT2D eigenvalue weighted by Gasteiger charge is 2.22. The molecule has 0 fully saturated rings. The van der Waals surface area contributed by atoms with Crippen LogP contribution in [0.5, 0.6) is 5.75 Å². The van der Waals surface area contributed by atoms with Gasteiger partial charge >= 0.3 is 5.97 Å². The van der Waals surface area contributed by atoms with Crippen molar-refractivity contribution in [1.29, 1.82) is 0 Å². The maximum Gasteiger partial charge on any atom is 0.313 e. The van der Waals surface area contributed by atoms with Crippen LogP contribution in [0, 0.1) is 28.7 Å². The number of benzene rings is 1. The molecule has 1 rings (SSSR count). The lowest BCUT2D eigenvalue weighted by molar-refractivity contribution is -0.136. The summed E-state index contributed by atoms with van der Waals surface area (Å²) in [5.41, 5.74) is 0.176. The van der Waals surface area contributed by atoms with E-state index in [2.05, 4.69) is 30.8 Å². The lowest BCUT2D eigenvalue weighted by atomic mass is 9.92. The third-order valence-electron chi connectivity index (χ3n) is 4.52. The van der Waals surface area contributed by atoms with Gasteiger partial charge in [0.2, 0.25) is 23.3 Å². The highest BCUT2D eigenvalue weighted by atomic mass is 19.2. The summed E-state index contributed by atoms with van der Waals surface area (Å²) in [5.74, 6) is -9.52. The van der Waals surface area contributed by atoms with Crippen LogP contribution in [0.2, 0.25) is 0 Å². The number of amides is 1. The minimum atomic E-state index is -1.79. The molecule has 8 nitrogen and oxygen atoms in total. The van der Waals surface area contributed by atoms with Gasteiger partial charge in [-0.25, -0.2) is 8.78 Å². The van der Waals surface area contributed by atoms with E-state index in [9.17, 15) is 27.2 Å². The topological polar surface area (TPSA) is 92.3 Å². The number of nitrogens with one attached hydrogen (secondary N) is 1. The Balaban J connectivity index is 1.93. The number of carbonyl (C=O) groups excluding carboxylic acids is 2. The van der Waals surface area contributed by atoms with Crippen molar-refractivity contribution in [1.82, 2.24) is 5.32 Å². The molecule has 0 unspecified atom stereocenters. The Labute approximate surface area is 208 Å². The van der Waals surface area contributed by atoms with Gasteiger partial charge in [-0.1, -0.05) is 20.8 Å². The van der Waals surface area contributed by atoms with Gasteiger partial charge in [0.15, 0.2) is 11.6 Å². The summed E-state index contributed by atoms with van der Waals surface area (Å²) in [5, 5.41) is 2.85. The first-order valence-corrected chi connectivity index (χ1v) is 11.6. The van der Waals surface area contributed by atoms with Crippen molar-refractivity contribution in [2.45, 2.75) is 40.0 Å². The first kappa shape index (κ1) is 31.7. The zero-order valence-corrected chi connectivity index (χ0v) is 20.9. The average Bonchev–Trinajstić information content (AvgIpc) is 2.80. The lowest BCUT2D eigenvalue weighted by Gasteiger charge is -2.17. The fourth-order valence-electron chi connectivity index (χ4n) is 2.55. The molecule has 0 bridgehead atoms. The number of hydrogen-bond donors (Lipinski definition) is 1. The van der Waals surface area contributed by atoms with E-state index in [1.54, 1.807) is 0 Å². The lowest BCUT2D eigenvalue weighted by Crippen LogP contribution is -2.28. The maximum atomic E-state index is 13.5. The van der Waals surface area contributed by atoms with E-state index in [-0.39, 0.29) is 37.2 Å². The molecular weight excluding hydrogens is 490 g/mol. The van der Waals surface area contributed by atoms with E-state index >= 15 is 0 Å². The molecule has 0 aromatic heterocycles. The van der Waals surface area contributed by atoms with Crippen LogP contribution in [0.3, 0.4) is 0 Å². The summed E-state index contributed by atoms with van der Waals surface area (Å²) in [6.45, 7) is 8.81. The Morgan fingerprint density at radius 1 is 0.750 bits per heavy atom. The van der Waals surface area contributed by atoms with Crippen LogP contribution in [0.4, 0.5) is 17.6 Å². The predicted octanol–water partition coefficient (Wildman–Crippen LogP) is 3.55. The monoisotopic (exact) mass is 525 g/mol. The molecule has 36 heavy (non-hydrogen) atoms. The number of ether oxygens (including phenoxy) is 5. The van der Waals surface area contributed by atoms with Crippen molar-refractivity contribution in [3.8, 4) is 5.75 Å². The standard InChI is InChI=1S/C24H35F4NO7/c1-24(2,3)6-7-29-19(30)4-8-32-10-12-34-14-15-35-13-11-33-9-5-20(31)36-23-21(27)17(25)16-18(26)22(23)28/h16H,4-15H2,1-3H3,(H,29,30). The number of rotatable bonds is 18. The van der Waals surface area contributed by atoms with Crippen LogP contribution in [0.1, 0.15) is 40.0 Å². The summed E-state index contributed by atoms with van der Waals surface area (Å²) >= 11 is 0. The highest BCUT2D eigenvalue weighted by Crippen LogP contribution is 2.26. The third-order valence-corrected chi connectivity index (χ3v) is 4.52. The Morgan fingerprint density at radius 2 is 1.19 bits per heavy atom. The molecule has 0 spiro atoms. The van der Waals surface area contributed by atoms with E-state index in [0.29, 0.717) is 46.0 Å². The summed E-state index contributed by atoms with van der Waals surface area (Å²) in [7, 11) is 0. The van der Waals surface area contributed by atoms with Crippen molar-refractivity contribution >= 4 is 11.9 Å². The number of carbonyl (C=O) groups is 2. The molecular formula is C24H35F4NO7. The molecule has 0 saturated heterocycles. The predicted molar refractivity (Wildman–Crippen MR) is 122 cm³/mol. The Hall–Kier alpha value is -2.28. The molecule has 0 heterocycles. The highest BCUT2D eigenvalue weighted by molar-refractivity contribution is 5.75. The van der Waals surface area contributed by atoms with Crippen molar-refractivity contribution in [2.75, 3.05) is 59.4 Å². The second-order valence-corrected chi connectivity index (χ2v) is 8.88. The van der Waals surface area contributed by atoms with Gasteiger partial charge in [-0.3, -0.25) is 9.59 Å². The van der Waals surface area contributed by atoms with Crippen LogP contribution < -0.4 is 10.1 Å². The summed E-state index contributed by atoms with van der Waals surface area (Å²) < 4.78 is 78.5. The minimum Gasteiger partial charge on any atom is -0.420 e. The van der Waals surface area contributed by atoms with Gasteiger partial charge in [-0.05, 0) is 11.8 Å². The second kappa shape index (κ2) is 17.2. The van der Waals surface area contributed by atoms with E-state index < -0.39 is 41.4 Å². The molecule has 0 atom stereocenters. The van der Waals surface area contributed by atoms with Gasteiger partial charge in [0, 0.05) is 19.0 Å². The second-order valence-electron chi connectivity index (χ2n) is 8.88. The average molecular weight is 526 g/mol. The van der Waals surface area contributed by atoms with E-state index in [1.807, 2.05) is 0 Å². The van der Waals surface area contributed by atoms with Gasteiger partial charge in [0.05, 0.1) is 59.3 Å². The molecule has 1 aromatic rings. The van der Waals surface area contributed by atoms with Crippen LogP contribution in [0.15, 0.2) is 6.07 Å². The molecule has 0 radical (unpaired) electrons. The van der Waals surface area contributed by atoms with Gasteiger partial charge in [0.25, 0.3) is 0 Å². The molecule has 206 valence electrons. The summed E-state index contributed by atoms with van der Waals surface area (Å²) in [4.78, 5) is 23.3. The van der Waals surface area contributed by atoms with Crippen molar-refractivity contribution < 1.29 is 50.8 Å². The molecule has 1 N–H and O–H groups in total. The SMILES string of the molecule is CC(C)(C)CCNC(=O)CCOCCOCCOCCOCCC(=O)Oc1c(F)c(F)cc(F)c1F. The van der Waals surface area contributed by atoms with E-state index in [1.165, 1.54) is 0 Å². The quantitative estimate of drug-likeness (QED) is 0.103. The Bertz CT molecular complexity index is 792. The minimum absolute atomic E-state index is 0.0166. The van der Waals surface area contributed by atoms with Crippen molar-refractivity contribution in [2.24, 2.45) is 5.41 Å². The van der Waals surface area contributed by atoms with Gasteiger partial charge in [0.1, 0.15) is 0 Å². The van der Waals surface area contributed by atoms with Gasteiger partial charge < -0.3 is 29.0 Å². The zero-order valence-electron chi connectivity index (χ0n) is 20.9. The first-order chi connectivity index (χ1) is 17.0. The number of halogens is 4. The Morgan fingerprint density at radius 3 is 1.67 bits per heavy atom. The largest absolute Gasteiger partial charge is 0.420 e. The maximum absolute atomic E-state index is 13.5. The molecule has 1 aromatic carbocycles. The molecule has 0 saturated carbocycles. The molecule has 0 aliphatic rings. The first-order valence-electron chi connectivity index (χ1n) is 11.6. The van der Waals surface area contributed by atoms with E-state index in [0.717, 1.165) is 6.42 Å². The molecule has 1 amide bonds. The molecule has 0 aliphatic heterocycles. The van der Waals surface area contributed by atoms with Crippen LogP contribution in [-0.2, 0) is 28.5 Å².